The molecule has 0 aliphatic heterocycles. The van der Waals surface area contributed by atoms with Crippen LogP contribution in [0.15, 0.2) is 48.5 Å². The van der Waals surface area contributed by atoms with Gasteiger partial charge in [0.05, 0.1) is 7.11 Å². The third-order valence-corrected chi connectivity index (χ3v) is 3.32. The summed E-state index contributed by atoms with van der Waals surface area (Å²) in [5.74, 6) is 0.340. The summed E-state index contributed by atoms with van der Waals surface area (Å²) in [6.07, 6.45) is -0.342. The van der Waals surface area contributed by atoms with Crippen molar-refractivity contribution in [3.8, 4) is 5.75 Å². The Kier molecular flexibility index (Phi) is 5.94. The molecule has 2 aromatic rings. The van der Waals surface area contributed by atoms with Crippen LogP contribution in [-0.2, 0) is 4.74 Å². The molecule has 2 N–H and O–H groups in total. The van der Waals surface area contributed by atoms with E-state index in [1.54, 1.807) is 14.2 Å². The molecule has 0 aliphatic carbocycles. The van der Waals surface area contributed by atoms with Crippen molar-refractivity contribution in [1.82, 2.24) is 5.32 Å². The molecule has 0 aromatic heterocycles. The lowest BCUT2D eigenvalue weighted by molar-refractivity contribution is 0.102. The summed E-state index contributed by atoms with van der Waals surface area (Å²) in [5, 5.41) is 5.35. The highest BCUT2D eigenvalue weighted by Crippen LogP contribution is 2.26. The first-order valence-electron chi connectivity index (χ1n) is 7.10. The highest BCUT2D eigenvalue weighted by Gasteiger charge is 2.16. The van der Waals surface area contributed by atoms with E-state index < -0.39 is 6.03 Å². The highest BCUT2D eigenvalue weighted by molar-refractivity contribution is 5.89. The van der Waals surface area contributed by atoms with Crippen LogP contribution in [0.4, 0.5) is 14.9 Å². The number of benzene rings is 2. The molecule has 2 aromatic carbocycles. The third-order valence-electron chi connectivity index (χ3n) is 3.32. The van der Waals surface area contributed by atoms with E-state index in [-0.39, 0.29) is 18.5 Å². The average Bonchev–Trinajstić information content (AvgIpc) is 2.58. The summed E-state index contributed by atoms with van der Waals surface area (Å²) in [6, 6.07) is 12.6. The zero-order chi connectivity index (χ0) is 16.7. The van der Waals surface area contributed by atoms with E-state index in [0.29, 0.717) is 11.4 Å². The number of carbonyl (C=O) groups excluding carboxylic acids is 1. The first-order chi connectivity index (χ1) is 11.1. The number of nitrogens with one attached hydrogen (secondary N) is 2. The molecular weight excluding hydrogens is 299 g/mol. The van der Waals surface area contributed by atoms with Crippen molar-refractivity contribution < 1.29 is 18.7 Å². The van der Waals surface area contributed by atoms with Crippen molar-refractivity contribution in [2.24, 2.45) is 0 Å². The van der Waals surface area contributed by atoms with Crippen LogP contribution in [-0.4, -0.2) is 26.8 Å². The molecule has 2 amide bonds. The first-order valence-corrected chi connectivity index (χ1v) is 7.10. The van der Waals surface area contributed by atoms with Gasteiger partial charge in [0.1, 0.15) is 17.7 Å². The molecule has 0 saturated carbocycles. The lowest BCUT2D eigenvalue weighted by Crippen LogP contribution is -2.33. The minimum Gasteiger partial charge on any atom is -0.496 e. The quantitative estimate of drug-likeness (QED) is 0.859. The number of anilines is 1. The van der Waals surface area contributed by atoms with Gasteiger partial charge in [-0.25, -0.2) is 9.18 Å². The second kappa shape index (κ2) is 8.14. The van der Waals surface area contributed by atoms with Crippen molar-refractivity contribution in [2.75, 3.05) is 26.1 Å². The molecule has 2 rings (SSSR count). The third kappa shape index (κ3) is 4.69. The molecule has 0 spiro atoms. The number of halogens is 1. The lowest BCUT2D eigenvalue weighted by atomic mass is 10.1. The maximum atomic E-state index is 12.8. The highest BCUT2D eigenvalue weighted by atomic mass is 19.1. The van der Waals surface area contributed by atoms with E-state index in [9.17, 15) is 9.18 Å². The van der Waals surface area contributed by atoms with E-state index in [2.05, 4.69) is 10.6 Å². The van der Waals surface area contributed by atoms with Crippen molar-refractivity contribution in [3.05, 3.63) is 59.9 Å². The van der Waals surface area contributed by atoms with Crippen LogP contribution in [0, 0.1) is 5.82 Å². The van der Waals surface area contributed by atoms with Crippen LogP contribution in [0.25, 0.3) is 0 Å². The minimum atomic E-state index is -0.395. The molecule has 122 valence electrons. The zero-order valence-corrected chi connectivity index (χ0v) is 13.0. The fraction of sp³-hybridized carbons (Fsp3) is 0.235. The number of carbonyl (C=O) groups is 1. The summed E-state index contributed by atoms with van der Waals surface area (Å²) >= 11 is 0. The number of methoxy groups -OCH3 is 2. The Balaban J connectivity index is 1.94. The first kappa shape index (κ1) is 16.8. The summed E-state index contributed by atoms with van der Waals surface area (Å²) in [7, 11) is 3.15. The summed E-state index contributed by atoms with van der Waals surface area (Å²) in [5.41, 5.74) is 1.36. The molecule has 0 bridgehead atoms. The second-order valence-electron chi connectivity index (χ2n) is 4.81. The van der Waals surface area contributed by atoms with Crippen molar-refractivity contribution in [1.29, 1.82) is 0 Å². The molecule has 0 radical (unpaired) electrons. The SMILES string of the molecule is COc1ccccc1C(CNC(=O)Nc1ccc(F)cc1)OC. The summed E-state index contributed by atoms with van der Waals surface area (Å²) < 4.78 is 23.5. The van der Waals surface area contributed by atoms with Crippen molar-refractivity contribution in [3.63, 3.8) is 0 Å². The molecule has 0 aliphatic rings. The minimum absolute atomic E-state index is 0.268. The van der Waals surface area contributed by atoms with E-state index in [1.807, 2.05) is 24.3 Å². The van der Waals surface area contributed by atoms with E-state index in [1.165, 1.54) is 24.3 Å². The van der Waals surface area contributed by atoms with Gasteiger partial charge in [-0.3, -0.25) is 0 Å². The van der Waals surface area contributed by atoms with Gasteiger partial charge in [0.25, 0.3) is 0 Å². The largest absolute Gasteiger partial charge is 0.496 e. The second-order valence-corrected chi connectivity index (χ2v) is 4.81. The number of ether oxygens (including phenoxy) is 2. The summed E-state index contributed by atoms with van der Waals surface area (Å²) in [4.78, 5) is 11.9. The molecule has 23 heavy (non-hydrogen) atoms. The van der Waals surface area contributed by atoms with Gasteiger partial charge >= 0.3 is 6.03 Å². The van der Waals surface area contributed by atoms with Crippen LogP contribution in [0.2, 0.25) is 0 Å². The van der Waals surface area contributed by atoms with Crippen LogP contribution < -0.4 is 15.4 Å². The van der Waals surface area contributed by atoms with Crippen LogP contribution in [0.3, 0.4) is 0 Å². The number of hydrogen-bond acceptors (Lipinski definition) is 3. The predicted molar refractivity (Wildman–Crippen MR) is 86.2 cm³/mol. The Morgan fingerprint density at radius 3 is 2.48 bits per heavy atom. The standard InChI is InChI=1S/C17H19FN2O3/c1-22-15-6-4-3-5-14(15)16(23-2)11-19-17(21)20-13-9-7-12(18)8-10-13/h3-10,16H,11H2,1-2H3,(H2,19,20,21). The van der Waals surface area contributed by atoms with Gasteiger partial charge in [-0.2, -0.15) is 0 Å². The number of amides is 2. The molecule has 0 heterocycles. The predicted octanol–water partition coefficient (Wildman–Crippen LogP) is 3.34. The number of hydrogen-bond donors (Lipinski definition) is 2. The molecule has 5 nitrogen and oxygen atoms in total. The van der Waals surface area contributed by atoms with Crippen LogP contribution >= 0.6 is 0 Å². The zero-order valence-electron chi connectivity index (χ0n) is 13.0. The van der Waals surface area contributed by atoms with Gasteiger partial charge in [-0.05, 0) is 30.3 Å². The molecule has 6 heteroatoms. The van der Waals surface area contributed by atoms with Gasteiger partial charge in [0.2, 0.25) is 0 Å². The molecule has 1 unspecified atom stereocenters. The van der Waals surface area contributed by atoms with E-state index in [0.717, 1.165) is 5.56 Å². The van der Waals surface area contributed by atoms with Gasteiger partial charge in [0.15, 0.2) is 0 Å². The van der Waals surface area contributed by atoms with Gasteiger partial charge in [0, 0.05) is 24.9 Å². The van der Waals surface area contributed by atoms with E-state index >= 15 is 0 Å². The lowest BCUT2D eigenvalue weighted by Gasteiger charge is -2.19. The average molecular weight is 318 g/mol. The van der Waals surface area contributed by atoms with Crippen LogP contribution in [0.1, 0.15) is 11.7 Å². The number of urea groups is 1. The molecule has 1 atom stereocenters. The Morgan fingerprint density at radius 1 is 1.13 bits per heavy atom. The molecule has 0 saturated heterocycles. The monoisotopic (exact) mass is 318 g/mol. The Labute approximate surface area is 134 Å². The molecule has 0 fully saturated rings. The fourth-order valence-corrected chi connectivity index (χ4v) is 2.15. The maximum absolute atomic E-state index is 12.8. The molecular formula is C17H19FN2O3. The normalized spacial score (nSPS) is 11.6. The smallest absolute Gasteiger partial charge is 0.319 e. The topological polar surface area (TPSA) is 59.6 Å². The van der Waals surface area contributed by atoms with Crippen molar-refractivity contribution >= 4 is 11.7 Å². The fourth-order valence-electron chi connectivity index (χ4n) is 2.15. The maximum Gasteiger partial charge on any atom is 0.319 e. The van der Waals surface area contributed by atoms with Gasteiger partial charge < -0.3 is 20.1 Å². The van der Waals surface area contributed by atoms with Gasteiger partial charge in [-0.15, -0.1) is 0 Å². The van der Waals surface area contributed by atoms with E-state index in [4.69, 9.17) is 9.47 Å². The Morgan fingerprint density at radius 2 is 1.83 bits per heavy atom. The summed E-state index contributed by atoms with van der Waals surface area (Å²) in [6.45, 7) is 0.268. The number of rotatable bonds is 6. The van der Waals surface area contributed by atoms with Crippen LogP contribution in [0.5, 0.6) is 5.75 Å². The van der Waals surface area contributed by atoms with Crippen molar-refractivity contribution in [2.45, 2.75) is 6.10 Å². The van der Waals surface area contributed by atoms with Gasteiger partial charge in [-0.1, -0.05) is 18.2 Å². The Hall–Kier alpha value is -2.60. The number of para-hydroxylation sites is 1. The Bertz CT molecular complexity index is 647.